The van der Waals surface area contributed by atoms with Gasteiger partial charge in [-0.15, -0.1) is 0 Å². The van der Waals surface area contributed by atoms with Crippen LogP contribution in [0.15, 0.2) is 48.5 Å². The monoisotopic (exact) mass is 354 g/mol. The molecule has 0 aromatic heterocycles. The van der Waals surface area contributed by atoms with Gasteiger partial charge in [0.1, 0.15) is 12.4 Å². The van der Waals surface area contributed by atoms with Crippen LogP contribution in [0.4, 0.5) is 0 Å². The lowest BCUT2D eigenvalue weighted by molar-refractivity contribution is 0.282. The number of aliphatic hydroxyl groups excluding tert-OH is 1. The van der Waals surface area contributed by atoms with Crippen LogP contribution in [0.3, 0.4) is 0 Å². The van der Waals surface area contributed by atoms with E-state index in [1.807, 2.05) is 48.5 Å². The van der Waals surface area contributed by atoms with Gasteiger partial charge in [0, 0.05) is 0 Å². The molecule has 3 rings (SSSR count). The molecule has 3 aromatic carbocycles. The summed E-state index contributed by atoms with van der Waals surface area (Å²) in [7, 11) is 4.76. The predicted octanol–water partition coefficient (Wildman–Crippen LogP) is 3.94. The Morgan fingerprint density at radius 1 is 0.731 bits per heavy atom. The summed E-state index contributed by atoms with van der Waals surface area (Å²) in [6.45, 7) is 0.409. The van der Waals surface area contributed by atoms with Gasteiger partial charge in [0.15, 0.2) is 11.5 Å². The minimum Gasteiger partial charge on any atom is -0.493 e. The molecule has 0 aliphatic rings. The highest BCUT2D eigenvalue weighted by atomic mass is 16.5. The molecule has 3 aromatic rings. The zero-order valence-electron chi connectivity index (χ0n) is 15.1. The van der Waals surface area contributed by atoms with Crippen molar-refractivity contribution in [3.8, 4) is 23.0 Å². The Balaban J connectivity index is 1.81. The Hall–Kier alpha value is -2.92. The molecule has 0 aliphatic heterocycles. The number of rotatable bonds is 7. The molecule has 5 nitrogen and oxygen atoms in total. The molecule has 26 heavy (non-hydrogen) atoms. The number of hydrogen-bond donors (Lipinski definition) is 1. The fraction of sp³-hybridized carbons (Fsp3) is 0.238. The van der Waals surface area contributed by atoms with Crippen molar-refractivity contribution in [3.63, 3.8) is 0 Å². The van der Waals surface area contributed by atoms with Crippen molar-refractivity contribution in [1.82, 2.24) is 0 Å². The molecule has 0 saturated carbocycles. The normalized spacial score (nSPS) is 10.6. The van der Waals surface area contributed by atoms with Crippen LogP contribution in [0.1, 0.15) is 11.1 Å². The average molecular weight is 354 g/mol. The van der Waals surface area contributed by atoms with Crippen LogP contribution in [0.25, 0.3) is 10.8 Å². The molecule has 0 bridgehead atoms. The van der Waals surface area contributed by atoms with Crippen LogP contribution in [0.2, 0.25) is 0 Å². The summed E-state index contributed by atoms with van der Waals surface area (Å²) in [5, 5.41) is 11.4. The first kappa shape index (κ1) is 17.9. The lowest BCUT2D eigenvalue weighted by Gasteiger charge is -2.14. The summed E-state index contributed by atoms with van der Waals surface area (Å²) in [6.07, 6.45) is 0. The number of hydrogen-bond acceptors (Lipinski definition) is 5. The first-order valence-corrected chi connectivity index (χ1v) is 8.23. The Morgan fingerprint density at radius 3 is 2.00 bits per heavy atom. The molecular weight excluding hydrogens is 332 g/mol. The molecule has 0 saturated heterocycles. The molecule has 0 radical (unpaired) electrons. The summed E-state index contributed by atoms with van der Waals surface area (Å²) < 4.78 is 22.0. The smallest absolute Gasteiger partial charge is 0.203 e. The highest BCUT2D eigenvalue weighted by Gasteiger charge is 2.13. The van der Waals surface area contributed by atoms with Crippen molar-refractivity contribution in [2.45, 2.75) is 13.2 Å². The third kappa shape index (κ3) is 3.68. The van der Waals surface area contributed by atoms with Crippen LogP contribution in [0.5, 0.6) is 23.0 Å². The first-order valence-electron chi connectivity index (χ1n) is 8.23. The largest absolute Gasteiger partial charge is 0.493 e. The van der Waals surface area contributed by atoms with Gasteiger partial charge in [-0.05, 0) is 52.2 Å². The molecule has 0 atom stereocenters. The maximum Gasteiger partial charge on any atom is 0.203 e. The maximum absolute atomic E-state index is 9.23. The van der Waals surface area contributed by atoms with Gasteiger partial charge >= 0.3 is 0 Å². The van der Waals surface area contributed by atoms with Gasteiger partial charge < -0.3 is 24.1 Å². The van der Waals surface area contributed by atoms with Gasteiger partial charge in [-0.2, -0.15) is 0 Å². The molecule has 0 heterocycles. The van der Waals surface area contributed by atoms with Crippen LogP contribution >= 0.6 is 0 Å². The molecule has 0 fully saturated rings. The second-order valence-electron chi connectivity index (χ2n) is 5.82. The standard InChI is InChI=1S/C21H22O5/c1-23-19-9-15(10-20(24-2)21(19)25-3)13-26-18-7-6-16-8-14(12-22)4-5-17(16)11-18/h4-11,22H,12-13H2,1-3H3. The Bertz CT molecular complexity index is 879. The quantitative estimate of drug-likeness (QED) is 0.696. The summed E-state index contributed by atoms with van der Waals surface area (Å²) in [5.41, 5.74) is 1.80. The Morgan fingerprint density at radius 2 is 1.38 bits per heavy atom. The van der Waals surface area contributed by atoms with Crippen molar-refractivity contribution in [1.29, 1.82) is 0 Å². The van der Waals surface area contributed by atoms with Gasteiger partial charge in [-0.25, -0.2) is 0 Å². The van der Waals surface area contributed by atoms with E-state index >= 15 is 0 Å². The SMILES string of the molecule is COc1cc(COc2ccc3cc(CO)ccc3c2)cc(OC)c1OC. The summed E-state index contributed by atoms with van der Waals surface area (Å²) >= 11 is 0. The predicted molar refractivity (Wildman–Crippen MR) is 100 cm³/mol. The van der Waals surface area contributed by atoms with Gasteiger partial charge in [0.25, 0.3) is 0 Å². The van der Waals surface area contributed by atoms with Crippen molar-refractivity contribution in [3.05, 3.63) is 59.7 Å². The highest BCUT2D eigenvalue weighted by Crippen LogP contribution is 2.38. The molecule has 5 heteroatoms. The third-order valence-corrected chi connectivity index (χ3v) is 4.19. The van der Waals surface area contributed by atoms with Crippen molar-refractivity contribution in [2.24, 2.45) is 0 Å². The van der Waals surface area contributed by atoms with Gasteiger partial charge in [0.2, 0.25) is 5.75 Å². The van der Waals surface area contributed by atoms with Crippen molar-refractivity contribution >= 4 is 10.8 Å². The molecule has 0 aliphatic carbocycles. The second-order valence-corrected chi connectivity index (χ2v) is 5.82. The minimum atomic E-state index is 0.0370. The number of benzene rings is 3. The molecular formula is C21H22O5. The molecule has 0 amide bonds. The van der Waals surface area contributed by atoms with Crippen molar-refractivity contribution < 1.29 is 24.1 Å². The van der Waals surface area contributed by atoms with E-state index in [-0.39, 0.29) is 6.61 Å². The topological polar surface area (TPSA) is 57.2 Å². The van der Waals surface area contributed by atoms with E-state index in [9.17, 15) is 5.11 Å². The fourth-order valence-electron chi connectivity index (χ4n) is 2.85. The molecule has 0 spiro atoms. The summed E-state index contributed by atoms with van der Waals surface area (Å²) in [5.74, 6) is 2.52. The van der Waals surface area contributed by atoms with E-state index in [0.29, 0.717) is 23.9 Å². The van der Waals surface area contributed by atoms with E-state index in [4.69, 9.17) is 18.9 Å². The van der Waals surface area contributed by atoms with E-state index in [2.05, 4.69) is 0 Å². The van der Waals surface area contributed by atoms with Crippen LogP contribution in [-0.4, -0.2) is 26.4 Å². The lowest BCUT2D eigenvalue weighted by Crippen LogP contribution is -2.00. The fourth-order valence-corrected chi connectivity index (χ4v) is 2.85. The van der Waals surface area contributed by atoms with Crippen LogP contribution in [-0.2, 0) is 13.2 Å². The molecule has 0 unspecified atom stereocenters. The van der Waals surface area contributed by atoms with E-state index in [1.54, 1.807) is 21.3 Å². The number of methoxy groups -OCH3 is 3. The van der Waals surface area contributed by atoms with E-state index in [1.165, 1.54) is 0 Å². The molecule has 136 valence electrons. The van der Waals surface area contributed by atoms with E-state index < -0.39 is 0 Å². The van der Waals surface area contributed by atoms with Gasteiger partial charge in [0.05, 0.1) is 27.9 Å². The number of ether oxygens (including phenoxy) is 4. The van der Waals surface area contributed by atoms with E-state index in [0.717, 1.165) is 27.6 Å². The average Bonchev–Trinajstić information content (AvgIpc) is 2.70. The van der Waals surface area contributed by atoms with Gasteiger partial charge in [-0.1, -0.05) is 18.2 Å². The molecule has 1 N–H and O–H groups in total. The highest BCUT2D eigenvalue weighted by molar-refractivity contribution is 5.84. The van der Waals surface area contributed by atoms with Crippen molar-refractivity contribution in [2.75, 3.05) is 21.3 Å². The zero-order chi connectivity index (χ0) is 18.5. The maximum atomic E-state index is 9.23. The van der Waals surface area contributed by atoms with Crippen LogP contribution in [0, 0.1) is 0 Å². The number of aliphatic hydroxyl groups is 1. The summed E-state index contributed by atoms with van der Waals surface area (Å²) in [4.78, 5) is 0. The lowest BCUT2D eigenvalue weighted by atomic mass is 10.1. The van der Waals surface area contributed by atoms with Crippen LogP contribution < -0.4 is 18.9 Å². The third-order valence-electron chi connectivity index (χ3n) is 4.19. The Kier molecular flexibility index (Phi) is 5.49. The van der Waals surface area contributed by atoms with Gasteiger partial charge in [-0.3, -0.25) is 0 Å². The minimum absolute atomic E-state index is 0.0370. The summed E-state index contributed by atoms with van der Waals surface area (Å²) in [6, 6.07) is 15.5. The Labute approximate surface area is 152 Å². The zero-order valence-corrected chi connectivity index (χ0v) is 15.1. The number of fused-ring (bicyclic) bond motifs is 1. The second kappa shape index (κ2) is 7.97. The first-order chi connectivity index (χ1) is 12.7.